The Bertz CT molecular complexity index is 302. The van der Waals surface area contributed by atoms with Gasteiger partial charge >= 0.3 is 5.72 Å². The van der Waals surface area contributed by atoms with Gasteiger partial charge in [-0.25, -0.2) is 0 Å². The van der Waals surface area contributed by atoms with Gasteiger partial charge in [0, 0.05) is 6.42 Å². The van der Waals surface area contributed by atoms with E-state index >= 15 is 0 Å². The molecule has 0 aromatic heterocycles. The molecule has 0 amide bonds. The summed E-state index contributed by atoms with van der Waals surface area (Å²) in [5, 5.41) is 21.1. The van der Waals surface area contributed by atoms with Gasteiger partial charge in [0.25, 0.3) is 0 Å². The third-order valence-corrected chi connectivity index (χ3v) is 5.15. The van der Waals surface area contributed by atoms with Gasteiger partial charge in [-0.2, -0.15) is 0 Å². The monoisotopic (exact) mass is 199 g/mol. The summed E-state index contributed by atoms with van der Waals surface area (Å²) in [4.78, 5) is 10.5. The fourth-order valence-corrected chi connectivity index (χ4v) is 3.51. The first-order valence-electron chi connectivity index (χ1n) is 5.12. The quantitative estimate of drug-likeness (QED) is 0.398. The fourth-order valence-electron chi connectivity index (χ4n) is 3.51. The Balaban J connectivity index is 2.50. The molecule has 2 rings (SSSR count). The third kappa shape index (κ3) is 0.749. The molecule has 3 atom stereocenters. The molecule has 0 spiro atoms. The van der Waals surface area contributed by atoms with Crippen molar-refractivity contribution in [2.45, 2.75) is 45.8 Å². The van der Waals surface area contributed by atoms with Gasteiger partial charge in [-0.05, 0) is 31.1 Å². The molecule has 4 heteroatoms. The second-order valence-electron chi connectivity index (χ2n) is 5.57. The number of nitrogens with zero attached hydrogens (tertiary/aromatic N) is 1. The molecule has 2 aliphatic carbocycles. The summed E-state index contributed by atoms with van der Waals surface area (Å²) in [6.45, 7) is 5.96. The lowest BCUT2D eigenvalue weighted by atomic mass is 9.68. The second-order valence-corrected chi connectivity index (χ2v) is 5.57. The van der Waals surface area contributed by atoms with Crippen LogP contribution in [0, 0.1) is 26.9 Å². The lowest BCUT2D eigenvalue weighted by Gasteiger charge is -2.38. The number of hydrogen-bond acceptors (Lipinski definition) is 3. The molecular formula is C10H17NO3. The summed E-state index contributed by atoms with van der Waals surface area (Å²) in [5.41, 5.74) is -2.37. The van der Waals surface area contributed by atoms with Crippen molar-refractivity contribution in [1.29, 1.82) is 0 Å². The van der Waals surface area contributed by atoms with Crippen molar-refractivity contribution in [2.75, 3.05) is 0 Å². The van der Waals surface area contributed by atoms with E-state index in [1.807, 2.05) is 20.8 Å². The first-order chi connectivity index (χ1) is 6.26. The number of aliphatic hydroxyl groups is 1. The van der Waals surface area contributed by atoms with Crippen molar-refractivity contribution < 1.29 is 10.0 Å². The summed E-state index contributed by atoms with van der Waals surface area (Å²) >= 11 is 0. The van der Waals surface area contributed by atoms with Crippen LogP contribution in [-0.2, 0) is 0 Å². The van der Waals surface area contributed by atoms with Crippen LogP contribution < -0.4 is 0 Å². The van der Waals surface area contributed by atoms with Gasteiger partial charge in [-0.3, -0.25) is 10.1 Å². The van der Waals surface area contributed by atoms with Crippen LogP contribution >= 0.6 is 0 Å². The number of nitro groups is 1. The highest BCUT2D eigenvalue weighted by molar-refractivity contribution is 5.13. The summed E-state index contributed by atoms with van der Waals surface area (Å²) in [5.74, 6) is 0.294. The van der Waals surface area contributed by atoms with Crippen LogP contribution in [0.25, 0.3) is 0 Å². The fraction of sp³-hybridized carbons (Fsp3) is 1.00. The Morgan fingerprint density at radius 1 is 1.43 bits per heavy atom. The van der Waals surface area contributed by atoms with E-state index in [0.29, 0.717) is 12.3 Å². The van der Waals surface area contributed by atoms with Crippen molar-refractivity contribution >= 4 is 0 Å². The molecule has 2 bridgehead atoms. The molecule has 0 heterocycles. The lowest BCUT2D eigenvalue weighted by Crippen LogP contribution is -2.52. The Kier molecular flexibility index (Phi) is 1.62. The minimum absolute atomic E-state index is 0.116. The summed E-state index contributed by atoms with van der Waals surface area (Å²) < 4.78 is 0. The van der Waals surface area contributed by atoms with Gasteiger partial charge in [-0.1, -0.05) is 13.8 Å². The summed E-state index contributed by atoms with van der Waals surface area (Å²) in [7, 11) is 0. The van der Waals surface area contributed by atoms with Gasteiger partial charge < -0.3 is 5.11 Å². The lowest BCUT2D eigenvalue weighted by molar-refractivity contribution is -0.647. The van der Waals surface area contributed by atoms with E-state index in [1.54, 1.807) is 0 Å². The minimum atomic E-state index is -1.70. The Morgan fingerprint density at radius 3 is 2.21 bits per heavy atom. The zero-order chi connectivity index (χ0) is 10.8. The largest absolute Gasteiger partial charge is 0.330 e. The predicted octanol–water partition coefficient (Wildman–Crippen LogP) is 1.80. The minimum Gasteiger partial charge on any atom is -0.330 e. The molecule has 3 unspecified atom stereocenters. The van der Waals surface area contributed by atoms with E-state index in [4.69, 9.17) is 0 Å². The number of rotatable bonds is 1. The Hall–Kier alpha value is -0.640. The Labute approximate surface area is 83.5 Å². The summed E-state index contributed by atoms with van der Waals surface area (Å²) in [6.07, 6.45) is 2.10. The predicted molar refractivity (Wildman–Crippen MR) is 51.2 cm³/mol. The van der Waals surface area contributed by atoms with Crippen molar-refractivity contribution in [2.24, 2.45) is 16.7 Å². The van der Waals surface area contributed by atoms with Crippen LogP contribution in [0.1, 0.15) is 40.0 Å². The van der Waals surface area contributed by atoms with Gasteiger partial charge in [0.15, 0.2) is 0 Å². The van der Waals surface area contributed by atoms with Crippen LogP contribution in [0.5, 0.6) is 0 Å². The van der Waals surface area contributed by atoms with Gasteiger partial charge in [-0.15, -0.1) is 0 Å². The van der Waals surface area contributed by atoms with Crippen LogP contribution in [0.3, 0.4) is 0 Å². The standard InChI is InChI=1S/C10H17NO3/c1-8(2)7-4-5-9(8,3)10(12,6-7)11(13)14/h7,12H,4-6H2,1-3H3. The van der Waals surface area contributed by atoms with Crippen molar-refractivity contribution in [3.05, 3.63) is 10.1 Å². The van der Waals surface area contributed by atoms with Gasteiger partial charge in [0.05, 0.1) is 10.3 Å². The third-order valence-electron chi connectivity index (χ3n) is 5.15. The molecule has 0 aromatic carbocycles. The van der Waals surface area contributed by atoms with E-state index in [1.165, 1.54) is 0 Å². The first-order valence-corrected chi connectivity index (χ1v) is 5.12. The zero-order valence-electron chi connectivity index (χ0n) is 8.91. The van der Waals surface area contributed by atoms with E-state index in [0.717, 1.165) is 12.8 Å². The molecule has 0 saturated heterocycles. The highest BCUT2D eigenvalue weighted by Gasteiger charge is 2.75. The van der Waals surface area contributed by atoms with E-state index in [2.05, 4.69) is 0 Å². The van der Waals surface area contributed by atoms with Crippen LogP contribution in [0.4, 0.5) is 0 Å². The molecule has 1 N–H and O–H groups in total. The highest BCUT2D eigenvalue weighted by Crippen LogP contribution is 2.69. The molecular weight excluding hydrogens is 182 g/mol. The van der Waals surface area contributed by atoms with Gasteiger partial charge in [0.2, 0.25) is 0 Å². The summed E-state index contributed by atoms with van der Waals surface area (Å²) in [6, 6.07) is 0. The van der Waals surface area contributed by atoms with Crippen molar-refractivity contribution in [1.82, 2.24) is 0 Å². The molecule has 2 fully saturated rings. The van der Waals surface area contributed by atoms with E-state index in [-0.39, 0.29) is 5.41 Å². The Morgan fingerprint density at radius 2 is 2.00 bits per heavy atom. The molecule has 0 aliphatic heterocycles. The van der Waals surface area contributed by atoms with Crippen LogP contribution in [0.2, 0.25) is 0 Å². The molecule has 4 nitrogen and oxygen atoms in total. The van der Waals surface area contributed by atoms with Gasteiger partial charge in [0.1, 0.15) is 0 Å². The molecule has 2 saturated carbocycles. The SMILES string of the molecule is CC1(C)C2CCC1(C)C(O)([N+](=O)[O-])C2. The molecule has 0 radical (unpaired) electrons. The first kappa shape index (κ1) is 9.90. The molecule has 0 aromatic rings. The maximum atomic E-state index is 11.0. The highest BCUT2D eigenvalue weighted by atomic mass is 16.7. The average molecular weight is 199 g/mol. The number of fused-ring (bicyclic) bond motifs is 2. The topological polar surface area (TPSA) is 63.4 Å². The molecule has 80 valence electrons. The molecule has 2 aliphatic rings. The van der Waals surface area contributed by atoms with Crippen molar-refractivity contribution in [3.63, 3.8) is 0 Å². The maximum absolute atomic E-state index is 11.0. The van der Waals surface area contributed by atoms with Crippen LogP contribution in [-0.4, -0.2) is 15.8 Å². The maximum Gasteiger partial charge on any atom is 0.328 e. The normalized spacial score (nSPS) is 49.6. The van der Waals surface area contributed by atoms with E-state index in [9.17, 15) is 15.2 Å². The molecule has 14 heavy (non-hydrogen) atoms. The zero-order valence-corrected chi connectivity index (χ0v) is 8.91. The van der Waals surface area contributed by atoms with Crippen molar-refractivity contribution in [3.8, 4) is 0 Å². The number of hydrogen-bond donors (Lipinski definition) is 1. The second kappa shape index (κ2) is 2.30. The van der Waals surface area contributed by atoms with Crippen LogP contribution in [0.15, 0.2) is 0 Å². The smallest absolute Gasteiger partial charge is 0.328 e. The average Bonchev–Trinajstić information content (AvgIpc) is 2.36. The van der Waals surface area contributed by atoms with E-state index < -0.39 is 16.1 Å².